The highest BCUT2D eigenvalue weighted by Gasteiger charge is 2.43. The Labute approximate surface area is 105 Å². The van der Waals surface area contributed by atoms with Gasteiger partial charge in [-0.3, -0.25) is 0 Å². The number of hydrogen-bond acceptors (Lipinski definition) is 1. The van der Waals surface area contributed by atoms with Crippen molar-refractivity contribution in [2.75, 3.05) is 0 Å². The number of hydrogen-bond donors (Lipinski definition) is 1. The fourth-order valence-electron chi connectivity index (χ4n) is 4.30. The molecule has 17 heavy (non-hydrogen) atoms. The van der Waals surface area contributed by atoms with E-state index >= 15 is 0 Å². The predicted octanol–water partition coefficient (Wildman–Crippen LogP) is 4.01. The van der Waals surface area contributed by atoms with Gasteiger partial charge in [0.1, 0.15) is 0 Å². The zero-order valence-corrected chi connectivity index (χ0v) is 11.0. The number of allylic oxidation sites excluding steroid dienone is 1. The van der Waals surface area contributed by atoms with E-state index in [1.165, 1.54) is 57.1 Å². The fraction of sp³-hybridized carbons (Fsp3) is 0.812. The van der Waals surface area contributed by atoms with Crippen molar-refractivity contribution in [2.45, 2.75) is 64.3 Å². The average molecular weight is 231 g/mol. The number of nitrogens with one attached hydrogen (secondary N) is 1. The minimum Gasteiger partial charge on any atom is -0.379 e. The van der Waals surface area contributed by atoms with Gasteiger partial charge in [-0.2, -0.15) is 0 Å². The van der Waals surface area contributed by atoms with Crippen molar-refractivity contribution in [2.24, 2.45) is 17.8 Å². The third-order valence-corrected chi connectivity index (χ3v) is 5.18. The van der Waals surface area contributed by atoms with Gasteiger partial charge in [-0.1, -0.05) is 32.6 Å². The SMILES string of the molecule is CCC1CCC=C=C2NC3CCCCCC3[C@H]21. The summed E-state index contributed by atoms with van der Waals surface area (Å²) in [5.41, 5.74) is 5.03. The lowest BCUT2D eigenvalue weighted by Gasteiger charge is -2.27. The summed E-state index contributed by atoms with van der Waals surface area (Å²) < 4.78 is 0. The quantitative estimate of drug-likeness (QED) is 0.672. The molecule has 3 rings (SSSR count). The van der Waals surface area contributed by atoms with Crippen LogP contribution in [0.25, 0.3) is 0 Å². The normalized spacial score (nSPS) is 40.6. The molecule has 0 aromatic heterocycles. The van der Waals surface area contributed by atoms with Crippen molar-refractivity contribution in [3.05, 3.63) is 17.5 Å². The van der Waals surface area contributed by atoms with Gasteiger partial charge < -0.3 is 5.32 Å². The van der Waals surface area contributed by atoms with E-state index in [9.17, 15) is 0 Å². The topological polar surface area (TPSA) is 12.0 Å². The van der Waals surface area contributed by atoms with E-state index in [1.54, 1.807) is 0 Å². The molecule has 1 N–H and O–H groups in total. The smallest absolute Gasteiger partial charge is 0.0574 e. The van der Waals surface area contributed by atoms with Crippen LogP contribution in [0.15, 0.2) is 17.5 Å². The number of fused-ring (bicyclic) bond motifs is 3. The highest BCUT2D eigenvalue weighted by Crippen LogP contribution is 2.45. The van der Waals surface area contributed by atoms with Crippen molar-refractivity contribution in [1.29, 1.82) is 0 Å². The first kappa shape index (κ1) is 11.4. The zero-order valence-electron chi connectivity index (χ0n) is 11.0. The van der Waals surface area contributed by atoms with E-state index in [1.807, 2.05) is 0 Å². The second-order valence-corrected chi connectivity index (χ2v) is 6.09. The molecule has 1 nitrogen and oxygen atoms in total. The summed E-state index contributed by atoms with van der Waals surface area (Å²) in [4.78, 5) is 0. The molecule has 0 aromatic rings. The maximum Gasteiger partial charge on any atom is 0.0574 e. The van der Waals surface area contributed by atoms with Gasteiger partial charge in [0.15, 0.2) is 0 Å². The highest BCUT2D eigenvalue weighted by atomic mass is 15.0. The van der Waals surface area contributed by atoms with Crippen molar-refractivity contribution >= 4 is 0 Å². The molecule has 0 amide bonds. The summed E-state index contributed by atoms with van der Waals surface area (Å²) in [7, 11) is 0. The molecule has 94 valence electrons. The third-order valence-electron chi connectivity index (χ3n) is 5.18. The minimum absolute atomic E-state index is 0.769. The minimum atomic E-state index is 0.769. The lowest BCUT2D eigenvalue weighted by Crippen LogP contribution is -2.27. The van der Waals surface area contributed by atoms with Crippen LogP contribution in [0.3, 0.4) is 0 Å². The summed E-state index contributed by atoms with van der Waals surface area (Å²) in [6, 6.07) is 0.769. The molecule has 1 saturated heterocycles. The Morgan fingerprint density at radius 3 is 3.00 bits per heavy atom. The lowest BCUT2D eigenvalue weighted by atomic mass is 9.75. The van der Waals surface area contributed by atoms with Crippen LogP contribution in [0, 0.1) is 17.8 Å². The van der Waals surface area contributed by atoms with E-state index in [2.05, 4.69) is 24.0 Å². The summed E-state index contributed by atoms with van der Waals surface area (Å²) >= 11 is 0. The molecule has 0 bridgehead atoms. The molecule has 0 aromatic carbocycles. The lowest BCUT2D eigenvalue weighted by molar-refractivity contribution is 0.248. The summed E-state index contributed by atoms with van der Waals surface area (Å²) in [6.07, 6.45) is 13.4. The zero-order chi connectivity index (χ0) is 11.7. The summed E-state index contributed by atoms with van der Waals surface area (Å²) in [5, 5.41) is 3.81. The molecule has 1 heteroatoms. The molecule has 3 unspecified atom stereocenters. The molecule has 0 radical (unpaired) electrons. The van der Waals surface area contributed by atoms with E-state index in [-0.39, 0.29) is 0 Å². The molecule has 3 aliphatic rings. The molecule has 2 fully saturated rings. The first-order chi connectivity index (χ1) is 8.40. The van der Waals surface area contributed by atoms with Gasteiger partial charge in [-0.15, -0.1) is 5.73 Å². The van der Waals surface area contributed by atoms with E-state index in [0.29, 0.717) is 0 Å². The Hall–Kier alpha value is -0.680. The van der Waals surface area contributed by atoms with E-state index in [0.717, 1.165) is 23.8 Å². The molecule has 0 spiro atoms. The van der Waals surface area contributed by atoms with Gasteiger partial charge in [0.25, 0.3) is 0 Å². The maximum absolute atomic E-state index is 3.81. The molecule has 4 atom stereocenters. The Bertz CT molecular complexity index is 337. The summed E-state index contributed by atoms with van der Waals surface area (Å²) in [5.74, 6) is 2.62. The molecular formula is C16H25N. The second-order valence-electron chi connectivity index (χ2n) is 6.09. The molecule has 1 saturated carbocycles. The van der Waals surface area contributed by atoms with Gasteiger partial charge >= 0.3 is 0 Å². The van der Waals surface area contributed by atoms with Gasteiger partial charge in [-0.05, 0) is 43.6 Å². The van der Waals surface area contributed by atoms with Gasteiger partial charge in [0.05, 0.1) is 5.70 Å². The van der Waals surface area contributed by atoms with Crippen molar-refractivity contribution in [1.82, 2.24) is 5.32 Å². The monoisotopic (exact) mass is 231 g/mol. The predicted molar refractivity (Wildman–Crippen MR) is 71.6 cm³/mol. The van der Waals surface area contributed by atoms with E-state index < -0.39 is 0 Å². The first-order valence-electron chi connectivity index (χ1n) is 7.61. The van der Waals surface area contributed by atoms with Gasteiger partial charge in [0.2, 0.25) is 0 Å². The molecular weight excluding hydrogens is 206 g/mol. The van der Waals surface area contributed by atoms with Gasteiger partial charge in [0, 0.05) is 12.0 Å². The average Bonchev–Trinajstić information content (AvgIpc) is 2.54. The van der Waals surface area contributed by atoms with Crippen molar-refractivity contribution < 1.29 is 0 Å². The van der Waals surface area contributed by atoms with Crippen LogP contribution in [-0.4, -0.2) is 6.04 Å². The van der Waals surface area contributed by atoms with Crippen molar-refractivity contribution in [3.63, 3.8) is 0 Å². The van der Waals surface area contributed by atoms with Crippen LogP contribution in [0.2, 0.25) is 0 Å². The van der Waals surface area contributed by atoms with Crippen LogP contribution in [0.4, 0.5) is 0 Å². The second kappa shape index (κ2) is 4.90. The Balaban J connectivity index is 1.89. The first-order valence-corrected chi connectivity index (χ1v) is 7.61. The van der Waals surface area contributed by atoms with Crippen LogP contribution in [-0.2, 0) is 0 Å². The Morgan fingerprint density at radius 2 is 2.12 bits per heavy atom. The van der Waals surface area contributed by atoms with Crippen LogP contribution in [0.1, 0.15) is 58.3 Å². The van der Waals surface area contributed by atoms with E-state index in [4.69, 9.17) is 0 Å². The molecule has 1 heterocycles. The van der Waals surface area contributed by atoms with Crippen LogP contribution < -0.4 is 5.32 Å². The van der Waals surface area contributed by atoms with Crippen molar-refractivity contribution in [3.8, 4) is 0 Å². The highest BCUT2D eigenvalue weighted by molar-refractivity contribution is 5.18. The third kappa shape index (κ3) is 2.06. The van der Waals surface area contributed by atoms with Crippen LogP contribution >= 0.6 is 0 Å². The Kier molecular flexibility index (Phi) is 3.29. The maximum atomic E-state index is 3.81. The molecule has 1 aliphatic heterocycles. The van der Waals surface area contributed by atoms with Crippen LogP contribution in [0.5, 0.6) is 0 Å². The Morgan fingerprint density at radius 1 is 1.24 bits per heavy atom. The van der Waals surface area contributed by atoms with Gasteiger partial charge in [-0.25, -0.2) is 0 Å². The summed E-state index contributed by atoms with van der Waals surface area (Å²) in [6.45, 7) is 2.37. The largest absolute Gasteiger partial charge is 0.379 e. The number of rotatable bonds is 1. The fourth-order valence-corrected chi connectivity index (χ4v) is 4.30. The molecule has 2 aliphatic carbocycles. The standard InChI is InChI=1S/C16H25N/c1-2-12-8-6-7-11-15-16(12)13-9-4-3-5-10-14(13)17-15/h7,12-14,16-17H,2-6,8-10H2,1H3/t12?,13?,14?,16-/m1/s1.